The molecule has 1 aromatic carbocycles. The lowest BCUT2D eigenvalue weighted by molar-refractivity contribution is -0.168. The molecule has 1 N–H and O–H groups in total. The second-order valence-corrected chi connectivity index (χ2v) is 8.28. The van der Waals surface area contributed by atoms with Crippen LogP contribution in [-0.2, 0) is 9.53 Å². The summed E-state index contributed by atoms with van der Waals surface area (Å²) in [6.07, 6.45) is 16.1. The number of aliphatic carboxylic acids is 1. The van der Waals surface area contributed by atoms with Gasteiger partial charge in [0.1, 0.15) is 5.75 Å². The molecular formula is C26H44O4. The summed E-state index contributed by atoms with van der Waals surface area (Å²) in [6, 6.07) is 9.52. The van der Waals surface area contributed by atoms with Crippen LogP contribution in [0.5, 0.6) is 5.75 Å². The SMILES string of the molecule is CCCCCCCCCCCCCCC(CCOc1ccccc1)(OCC)C(=O)O. The Bertz CT molecular complexity index is 531. The fourth-order valence-electron chi connectivity index (χ4n) is 3.92. The van der Waals surface area contributed by atoms with Crippen molar-refractivity contribution in [1.29, 1.82) is 0 Å². The Hall–Kier alpha value is -1.55. The normalized spacial score (nSPS) is 13.1. The average molecular weight is 421 g/mol. The van der Waals surface area contributed by atoms with Crippen LogP contribution in [-0.4, -0.2) is 29.9 Å². The van der Waals surface area contributed by atoms with Gasteiger partial charge in [-0.1, -0.05) is 95.8 Å². The number of ether oxygens (including phenoxy) is 2. The van der Waals surface area contributed by atoms with E-state index in [1.165, 1.54) is 64.2 Å². The number of hydrogen-bond acceptors (Lipinski definition) is 3. The average Bonchev–Trinajstić information content (AvgIpc) is 2.75. The summed E-state index contributed by atoms with van der Waals surface area (Å²) in [4.78, 5) is 12.0. The van der Waals surface area contributed by atoms with E-state index in [0.717, 1.165) is 18.6 Å². The largest absolute Gasteiger partial charge is 0.493 e. The fraction of sp³-hybridized carbons (Fsp3) is 0.731. The van der Waals surface area contributed by atoms with Crippen molar-refractivity contribution < 1.29 is 19.4 Å². The molecule has 172 valence electrons. The number of rotatable bonds is 20. The molecule has 4 nitrogen and oxygen atoms in total. The molecule has 0 saturated carbocycles. The minimum atomic E-state index is -1.14. The van der Waals surface area contributed by atoms with E-state index in [1.54, 1.807) is 0 Å². The van der Waals surface area contributed by atoms with Crippen molar-refractivity contribution in [3.8, 4) is 5.75 Å². The van der Waals surface area contributed by atoms with E-state index < -0.39 is 11.6 Å². The van der Waals surface area contributed by atoms with Gasteiger partial charge in [0.15, 0.2) is 5.60 Å². The van der Waals surface area contributed by atoms with Gasteiger partial charge in [0, 0.05) is 13.0 Å². The van der Waals surface area contributed by atoms with Gasteiger partial charge in [0.2, 0.25) is 0 Å². The summed E-state index contributed by atoms with van der Waals surface area (Å²) < 4.78 is 11.5. The van der Waals surface area contributed by atoms with Crippen molar-refractivity contribution in [3.63, 3.8) is 0 Å². The molecule has 0 amide bonds. The molecule has 1 aromatic rings. The first-order chi connectivity index (χ1) is 14.6. The Morgan fingerprint density at radius 3 is 1.83 bits per heavy atom. The Balaban J connectivity index is 2.22. The highest BCUT2D eigenvalue weighted by atomic mass is 16.5. The molecule has 1 atom stereocenters. The van der Waals surface area contributed by atoms with Crippen LogP contribution in [0.25, 0.3) is 0 Å². The predicted octanol–water partition coefficient (Wildman–Crippen LogP) is 7.41. The molecule has 0 heterocycles. The van der Waals surface area contributed by atoms with E-state index >= 15 is 0 Å². The molecule has 0 fully saturated rings. The third kappa shape index (κ3) is 11.6. The second kappa shape index (κ2) is 17.2. The van der Waals surface area contributed by atoms with Crippen LogP contribution in [0.4, 0.5) is 0 Å². The number of carboxylic acids is 1. The third-order valence-electron chi connectivity index (χ3n) is 5.76. The maximum absolute atomic E-state index is 12.0. The van der Waals surface area contributed by atoms with Crippen LogP contribution in [0, 0.1) is 0 Å². The molecule has 0 aromatic heterocycles. The summed E-state index contributed by atoms with van der Waals surface area (Å²) in [5.74, 6) is -0.109. The number of unbranched alkanes of at least 4 members (excludes halogenated alkanes) is 11. The molecule has 0 aliphatic heterocycles. The van der Waals surface area contributed by atoms with Crippen molar-refractivity contribution in [1.82, 2.24) is 0 Å². The Morgan fingerprint density at radius 1 is 0.800 bits per heavy atom. The molecule has 0 radical (unpaired) electrons. The number of para-hydroxylation sites is 1. The minimum Gasteiger partial charge on any atom is -0.493 e. The lowest BCUT2D eigenvalue weighted by atomic mass is 9.92. The molecular weight excluding hydrogens is 376 g/mol. The monoisotopic (exact) mass is 420 g/mol. The van der Waals surface area contributed by atoms with Gasteiger partial charge in [-0.25, -0.2) is 4.79 Å². The van der Waals surface area contributed by atoms with Gasteiger partial charge in [0.05, 0.1) is 6.61 Å². The molecule has 1 rings (SSSR count). The quantitative estimate of drug-likeness (QED) is 0.223. The molecule has 4 heteroatoms. The van der Waals surface area contributed by atoms with Crippen LogP contribution in [0.3, 0.4) is 0 Å². The van der Waals surface area contributed by atoms with Gasteiger partial charge in [-0.05, 0) is 31.9 Å². The van der Waals surface area contributed by atoms with E-state index in [1.807, 2.05) is 37.3 Å². The van der Waals surface area contributed by atoms with Crippen LogP contribution >= 0.6 is 0 Å². The van der Waals surface area contributed by atoms with Crippen molar-refractivity contribution in [2.45, 2.75) is 109 Å². The first kappa shape index (κ1) is 26.5. The summed E-state index contributed by atoms with van der Waals surface area (Å²) >= 11 is 0. The van der Waals surface area contributed by atoms with E-state index in [0.29, 0.717) is 26.1 Å². The lowest BCUT2D eigenvalue weighted by Crippen LogP contribution is -2.43. The van der Waals surface area contributed by atoms with Crippen LogP contribution in [0.15, 0.2) is 30.3 Å². The van der Waals surface area contributed by atoms with Gasteiger partial charge >= 0.3 is 5.97 Å². The van der Waals surface area contributed by atoms with Crippen molar-refractivity contribution >= 4 is 5.97 Å². The van der Waals surface area contributed by atoms with Crippen LogP contribution in [0.1, 0.15) is 104 Å². The maximum atomic E-state index is 12.0. The number of carbonyl (C=O) groups is 1. The highest BCUT2D eigenvalue weighted by Gasteiger charge is 2.38. The molecule has 0 aliphatic carbocycles. The third-order valence-corrected chi connectivity index (χ3v) is 5.76. The Kier molecular flexibility index (Phi) is 15.2. The van der Waals surface area contributed by atoms with Gasteiger partial charge in [0.25, 0.3) is 0 Å². The molecule has 0 saturated heterocycles. The van der Waals surface area contributed by atoms with Gasteiger partial charge < -0.3 is 14.6 Å². The molecule has 1 unspecified atom stereocenters. The summed E-state index contributed by atoms with van der Waals surface area (Å²) in [5, 5.41) is 9.85. The van der Waals surface area contributed by atoms with E-state index in [2.05, 4.69) is 6.92 Å². The Morgan fingerprint density at radius 2 is 1.33 bits per heavy atom. The van der Waals surface area contributed by atoms with E-state index in [-0.39, 0.29) is 0 Å². The van der Waals surface area contributed by atoms with Crippen LogP contribution < -0.4 is 4.74 Å². The Labute approximate surface area is 184 Å². The number of carboxylic acid groups (broad SMARTS) is 1. The zero-order chi connectivity index (χ0) is 21.9. The fourth-order valence-corrected chi connectivity index (χ4v) is 3.92. The summed E-state index contributed by atoms with van der Waals surface area (Å²) in [5.41, 5.74) is -1.14. The molecule has 0 aliphatic rings. The number of hydrogen-bond donors (Lipinski definition) is 1. The maximum Gasteiger partial charge on any atom is 0.336 e. The van der Waals surface area contributed by atoms with Crippen molar-refractivity contribution in [3.05, 3.63) is 30.3 Å². The zero-order valence-electron chi connectivity index (χ0n) is 19.4. The molecule has 0 bridgehead atoms. The minimum absolute atomic E-state index is 0.342. The first-order valence-corrected chi connectivity index (χ1v) is 12.2. The molecule has 30 heavy (non-hydrogen) atoms. The lowest BCUT2D eigenvalue weighted by Gasteiger charge is -2.29. The first-order valence-electron chi connectivity index (χ1n) is 12.2. The second-order valence-electron chi connectivity index (χ2n) is 8.28. The highest BCUT2D eigenvalue weighted by Crippen LogP contribution is 2.26. The van der Waals surface area contributed by atoms with E-state index in [4.69, 9.17) is 9.47 Å². The zero-order valence-corrected chi connectivity index (χ0v) is 19.4. The topological polar surface area (TPSA) is 55.8 Å². The van der Waals surface area contributed by atoms with Gasteiger partial charge in [-0.3, -0.25) is 0 Å². The predicted molar refractivity (Wildman–Crippen MR) is 124 cm³/mol. The molecule has 0 spiro atoms. The van der Waals surface area contributed by atoms with Gasteiger partial charge in [-0.15, -0.1) is 0 Å². The van der Waals surface area contributed by atoms with Crippen LogP contribution in [0.2, 0.25) is 0 Å². The summed E-state index contributed by atoms with van der Waals surface area (Å²) in [7, 11) is 0. The standard InChI is InChI=1S/C26H44O4/c1-3-5-6-7-8-9-10-11-12-13-14-18-21-26(25(27)28,30-4-2)22-23-29-24-19-16-15-17-20-24/h15-17,19-20H,3-14,18,21-23H2,1-2H3,(H,27,28). The van der Waals surface area contributed by atoms with Crippen molar-refractivity contribution in [2.24, 2.45) is 0 Å². The van der Waals surface area contributed by atoms with Gasteiger partial charge in [-0.2, -0.15) is 0 Å². The smallest absolute Gasteiger partial charge is 0.336 e. The number of benzene rings is 1. The van der Waals surface area contributed by atoms with E-state index in [9.17, 15) is 9.90 Å². The summed E-state index contributed by atoms with van der Waals surface area (Å²) in [6.45, 7) is 4.86. The highest BCUT2D eigenvalue weighted by molar-refractivity contribution is 5.77. The van der Waals surface area contributed by atoms with Crippen molar-refractivity contribution in [2.75, 3.05) is 13.2 Å².